The molecule has 0 unspecified atom stereocenters. The van der Waals surface area contributed by atoms with E-state index in [1.54, 1.807) is 6.92 Å². The molecule has 2 aromatic rings. The average molecular weight is 351 g/mol. The number of nitrogens with zero attached hydrogens (tertiary/aromatic N) is 3. The Labute approximate surface area is 142 Å². The van der Waals surface area contributed by atoms with Crippen LogP contribution in [0, 0.1) is 17.0 Å². The number of benzene rings is 1. The van der Waals surface area contributed by atoms with Crippen molar-refractivity contribution in [1.82, 2.24) is 15.5 Å². The van der Waals surface area contributed by atoms with E-state index in [0.29, 0.717) is 24.6 Å². The molecule has 0 atom stereocenters. The Kier molecular flexibility index (Phi) is 4.23. The average Bonchev–Trinajstić information content (AvgIpc) is 3.17. The number of nitrogens with one attached hydrogen (secondary N) is 1. The number of carbonyl (C=O) groups is 1. The molecular formula is C15H15ClN4O4. The van der Waals surface area contributed by atoms with E-state index in [4.69, 9.17) is 16.1 Å². The van der Waals surface area contributed by atoms with Crippen LogP contribution in [-0.4, -0.2) is 21.0 Å². The van der Waals surface area contributed by atoms with Gasteiger partial charge in [-0.2, -0.15) is 4.98 Å². The zero-order chi connectivity index (χ0) is 17.3. The summed E-state index contributed by atoms with van der Waals surface area (Å²) in [5, 5.41) is 18.2. The van der Waals surface area contributed by atoms with Crippen molar-refractivity contribution in [3.05, 3.63) is 50.6 Å². The van der Waals surface area contributed by atoms with Gasteiger partial charge in [0.05, 0.1) is 4.92 Å². The molecule has 24 heavy (non-hydrogen) atoms. The maximum atomic E-state index is 12.7. The van der Waals surface area contributed by atoms with E-state index >= 15 is 0 Å². The Morgan fingerprint density at radius 1 is 1.42 bits per heavy atom. The van der Waals surface area contributed by atoms with Gasteiger partial charge in [0.2, 0.25) is 5.89 Å². The second kappa shape index (κ2) is 6.20. The Balaban J connectivity index is 1.94. The van der Waals surface area contributed by atoms with E-state index in [1.807, 2.05) is 0 Å². The van der Waals surface area contributed by atoms with Crippen LogP contribution in [0.3, 0.4) is 0 Å². The lowest BCUT2D eigenvalue weighted by Crippen LogP contribution is -2.44. The number of nitro groups is 1. The first kappa shape index (κ1) is 16.4. The second-order valence-electron chi connectivity index (χ2n) is 5.80. The van der Waals surface area contributed by atoms with E-state index in [1.165, 1.54) is 12.1 Å². The molecule has 1 heterocycles. The molecule has 126 valence electrons. The van der Waals surface area contributed by atoms with E-state index in [2.05, 4.69) is 15.5 Å². The van der Waals surface area contributed by atoms with Crippen LogP contribution in [0.1, 0.15) is 47.8 Å². The number of nitro benzene ring substituents is 1. The van der Waals surface area contributed by atoms with Crippen LogP contribution in [-0.2, 0) is 5.54 Å². The molecule has 0 radical (unpaired) electrons. The Morgan fingerprint density at radius 3 is 2.71 bits per heavy atom. The Bertz CT molecular complexity index is 799. The lowest BCUT2D eigenvalue weighted by atomic mass is 9.95. The standard InChI is InChI=1S/C15H15ClN4O4/c1-9-17-14(19-24-9)15(6-2-3-7-15)18-13(21)11-5-4-10(16)8-12(11)20(22)23/h4-5,8H,2-3,6-7H2,1H3,(H,18,21). The van der Waals surface area contributed by atoms with Crippen LogP contribution in [0.2, 0.25) is 5.02 Å². The topological polar surface area (TPSA) is 111 Å². The fourth-order valence-electron chi connectivity index (χ4n) is 3.01. The number of rotatable bonds is 4. The van der Waals surface area contributed by atoms with Crippen LogP contribution in [0.15, 0.2) is 22.7 Å². The normalized spacial score (nSPS) is 16.1. The summed E-state index contributed by atoms with van der Waals surface area (Å²) in [7, 11) is 0. The predicted molar refractivity (Wildman–Crippen MR) is 84.8 cm³/mol. The molecule has 1 aliphatic carbocycles. The number of amides is 1. The maximum Gasteiger partial charge on any atom is 0.283 e. The summed E-state index contributed by atoms with van der Waals surface area (Å²) in [6.07, 6.45) is 3.10. The van der Waals surface area contributed by atoms with Gasteiger partial charge in [0, 0.05) is 18.0 Å². The van der Waals surface area contributed by atoms with E-state index in [-0.39, 0.29) is 16.3 Å². The highest BCUT2D eigenvalue weighted by Crippen LogP contribution is 2.38. The molecule has 1 aliphatic rings. The highest BCUT2D eigenvalue weighted by molar-refractivity contribution is 6.31. The Morgan fingerprint density at radius 2 is 2.12 bits per heavy atom. The van der Waals surface area contributed by atoms with Crippen LogP contribution < -0.4 is 5.32 Å². The third-order valence-electron chi connectivity index (χ3n) is 4.17. The molecule has 9 heteroatoms. The summed E-state index contributed by atoms with van der Waals surface area (Å²) in [4.78, 5) is 27.5. The largest absolute Gasteiger partial charge is 0.340 e. The minimum absolute atomic E-state index is 0.0455. The summed E-state index contributed by atoms with van der Waals surface area (Å²) < 4.78 is 5.03. The lowest BCUT2D eigenvalue weighted by Gasteiger charge is -2.26. The molecule has 0 saturated heterocycles. The minimum atomic E-state index is -0.762. The molecule has 8 nitrogen and oxygen atoms in total. The molecule has 3 rings (SSSR count). The van der Waals surface area contributed by atoms with Gasteiger partial charge in [0.25, 0.3) is 11.6 Å². The van der Waals surface area contributed by atoms with Crippen molar-refractivity contribution in [2.75, 3.05) is 0 Å². The van der Waals surface area contributed by atoms with Gasteiger partial charge in [-0.25, -0.2) is 0 Å². The number of aromatic nitrogens is 2. The third kappa shape index (κ3) is 2.96. The second-order valence-corrected chi connectivity index (χ2v) is 6.24. The van der Waals surface area contributed by atoms with Gasteiger partial charge in [0.1, 0.15) is 11.1 Å². The molecular weight excluding hydrogens is 336 g/mol. The van der Waals surface area contributed by atoms with Crippen molar-refractivity contribution >= 4 is 23.2 Å². The summed E-state index contributed by atoms with van der Waals surface area (Å²) in [6.45, 7) is 1.67. The van der Waals surface area contributed by atoms with Crippen molar-refractivity contribution in [2.45, 2.75) is 38.1 Å². The molecule has 1 saturated carbocycles. The zero-order valence-corrected chi connectivity index (χ0v) is 13.7. The number of carbonyl (C=O) groups excluding carboxylic acids is 1. The molecule has 1 aromatic heterocycles. The predicted octanol–water partition coefficient (Wildman–Crippen LogP) is 3.14. The number of hydrogen-bond acceptors (Lipinski definition) is 6. The van der Waals surface area contributed by atoms with Crippen molar-refractivity contribution in [3.8, 4) is 0 Å². The highest BCUT2D eigenvalue weighted by atomic mass is 35.5. The fourth-order valence-corrected chi connectivity index (χ4v) is 3.18. The maximum absolute atomic E-state index is 12.7. The summed E-state index contributed by atoms with van der Waals surface area (Å²) in [5.74, 6) is 0.258. The van der Waals surface area contributed by atoms with Gasteiger partial charge in [-0.1, -0.05) is 29.6 Å². The monoisotopic (exact) mass is 350 g/mol. The van der Waals surface area contributed by atoms with Gasteiger partial charge < -0.3 is 9.84 Å². The lowest BCUT2D eigenvalue weighted by molar-refractivity contribution is -0.385. The number of hydrogen-bond donors (Lipinski definition) is 1. The number of aryl methyl sites for hydroxylation is 1. The first-order valence-electron chi connectivity index (χ1n) is 7.48. The van der Waals surface area contributed by atoms with Gasteiger partial charge >= 0.3 is 0 Å². The smallest absolute Gasteiger partial charge is 0.283 e. The summed E-state index contributed by atoms with van der Waals surface area (Å²) in [6, 6.07) is 3.96. The zero-order valence-electron chi connectivity index (χ0n) is 12.9. The minimum Gasteiger partial charge on any atom is -0.340 e. The van der Waals surface area contributed by atoms with Crippen molar-refractivity contribution in [2.24, 2.45) is 0 Å². The highest BCUT2D eigenvalue weighted by Gasteiger charge is 2.42. The van der Waals surface area contributed by atoms with Crippen LogP contribution >= 0.6 is 11.6 Å². The quantitative estimate of drug-likeness (QED) is 0.669. The first-order chi connectivity index (χ1) is 11.4. The van der Waals surface area contributed by atoms with Gasteiger partial charge in [-0.3, -0.25) is 14.9 Å². The van der Waals surface area contributed by atoms with Crippen LogP contribution in [0.4, 0.5) is 5.69 Å². The molecule has 0 aliphatic heterocycles. The summed E-state index contributed by atoms with van der Waals surface area (Å²) in [5.41, 5.74) is -1.14. The van der Waals surface area contributed by atoms with Crippen molar-refractivity contribution < 1.29 is 14.2 Å². The van der Waals surface area contributed by atoms with E-state index < -0.39 is 16.4 Å². The summed E-state index contributed by atoms with van der Waals surface area (Å²) >= 11 is 5.79. The van der Waals surface area contributed by atoms with Gasteiger partial charge in [-0.15, -0.1) is 0 Å². The Hall–Kier alpha value is -2.48. The van der Waals surface area contributed by atoms with E-state index in [0.717, 1.165) is 18.9 Å². The third-order valence-corrected chi connectivity index (χ3v) is 4.40. The van der Waals surface area contributed by atoms with Gasteiger partial charge in [0.15, 0.2) is 5.82 Å². The molecule has 0 spiro atoms. The SMILES string of the molecule is Cc1nc(C2(NC(=O)c3ccc(Cl)cc3[N+](=O)[O-])CCCC2)no1. The van der Waals surface area contributed by atoms with Crippen LogP contribution in [0.25, 0.3) is 0 Å². The fraction of sp³-hybridized carbons (Fsp3) is 0.400. The number of halogens is 1. The van der Waals surface area contributed by atoms with Gasteiger partial charge in [-0.05, 0) is 25.0 Å². The molecule has 1 fully saturated rings. The molecule has 1 N–H and O–H groups in total. The van der Waals surface area contributed by atoms with E-state index in [9.17, 15) is 14.9 Å². The van der Waals surface area contributed by atoms with Crippen molar-refractivity contribution in [1.29, 1.82) is 0 Å². The molecule has 1 aromatic carbocycles. The first-order valence-corrected chi connectivity index (χ1v) is 7.86. The molecule has 0 bridgehead atoms. The molecule has 1 amide bonds. The van der Waals surface area contributed by atoms with Crippen LogP contribution in [0.5, 0.6) is 0 Å². The van der Waals surface area contributed by atoms with Crippen molar-refractivity contribution in [3.63, 3.8) is 0 Å².